The summed E-state index contributed by atoms with van der Waals surface area (Å²) in [5, 5.41) is 45.4. The maximum absolute atomic E-state index is 11.8. The molecule has 0 aromatic heterocycles. The van der Waals surface area contributed by atoms with E-state index in [-0.39, 0.29) is 0 Å². The van der Waals surface area contributed by atoms with Crippen molar-refractivity contribution in [1.82, 2.24) is 5.32 Å². The third kappa shape index (κ3) is 5.08. The molecule has 0 saturated carbocycles. The third-order valence-electron chi connectivity index (χ3n) is 2.02. The van der Waals surface area contributed by atoms with E-state index in [9.17, 15) is 22.8 Å². The van der Waals surface area contributed by atoms with Gasteiger partial charge in [0.2, 0.25) is 0 Å². The quantitative estimate of drug-likeness (QED) is 0.310. The van der Waals surface area contributed by atoms with E-state index >= 15 is 0 Å². The van der Waals surface area contributed by atoms with E-state index in [1.807, 2.05) is 0 Å². The van der Waals surface area contributed by atoms with Gasteiger partial charge in [0.05, 0.1) is 6.61 Å². The van der Waals surface area contributed by atoms with Crippen molar-refractivity contribution >= 4 is 11.8 Å². The molecule has 2 amide bonds. The van der Waals surface area contributed by atoms with E-state index in [0.717, 1.165) is 5.32 Å². The van der Waals surface area contributed by atoms with Gasteiger partial charge in [-0.25, -0.2) is 0 Å². The summed E-state index contributed by atoms with van der Waals surface area (Å²) >= 11 is 0. The standard InChI is InChI=1S/C8H12F3NO7/c9-8(10,11)7(19)12-6(18)5(17)4(16)3(15)2(14)1-13/h2-5,13-17H,1H2,(H,12,18,19). The number of imide groups is 1. The summed E-state index contributed by atoms with van der Waals surface area (Å²) in [4.78, 5) is 21.3. The van der Waals surface area contributed by atoms with Crippen LogP contribution in [0.4, 0.5) is 13.2 Å². The second kappa shape index (κ2) is 6.77. The Morgan fingerprint density at radius 2 is 1.53 bits per heavy atom. The normalized spacial score (nSPS) is 18.3. The smallest absolute Gasteiger partial charge is 0.394 e. The molecular weight excluding hydrogens is 279 g/mol. The monoisotopic (exact) mass is 291 g/mol. The molecule has 0 radical (unpaired) electrons. The number of amides is 2. The first-order chi connectivity index (χ1) is 8.52. The van der Waals surface area contributed by atoms with Crippen molar-refractivity contribution in [3.63, 3.8) is 0 Å². The molecule has 0 aliphatic carbocycles. The maximum atomic E-state index is 11.8. The van der Waals surface area contributed by atoms with Crippen molar-refractivity contribution in [2.24, 2.45) is 0 Å². The minimum absolute atomic E-state index is 0.744. The van der Waals surface area contributed by atoms with Gasteiger partial charge in [0, 0.05) is 0 Å². The number of hydrogen-bond donors (Lipinski definition) is 6. The molecule has 11 heteroatoms. The number of halogens is 3. The van der Waals surface area contributed by atoms with Crippen molar-refractivity contribution in [2.75, 3.05) is 6.61 Å². The summed E-state index contributed by atoms with van der Waals surface area (Å²) in [5.41, 5.74) is 0. The fraction of sp³-hybridized carbons (Fsp3) is 0.750. The molecule has 112 valence electrons. The zero-order valence-corrected chi connectivity index (χ0v) is 9.20. The lowest BCUT2D eigenvalue weighted by Gasteiger charge is -2.24. The van der Waals surface area contributed by atoms with Crippen molar-refractivity contribution in [1.29, 1.82) is 0 Å². The summed E-state index contributed by atoms with van der Waals surface area (Å²) in [7, 11) is 0. The molecule has 0 aromatic rings. The highest BCUT2D eigenvalue weighted by Crippen LogP contribution is 2.14. The van der Waals surface area contributed by atoms with Crippen LogP contribution in [-0.2, 0) is 9.59 Å². The van der Waals surface area contributed by atoms with Crippen LogP contribution in [0.1, 0.15) is 0 Å². The number of hydrogen-bond acceptors (Lipinski definition) is 7. The van der Waals surface area contributed by atoms with Gasteiger partial charge in [-0.2, -0.15) is 13.2 Å². The molecule has 4 atom stereocenters. The third-order valence-corrected chi connectivity index (χ3v) is 2.02. The highest BCUT2D eigenvalue weighted by atomic mass is 19.4. The minimum atomic E-state index is -5.37. The van der Waals surface area contributed by atoms with Crippen LogP contribution in [0.15, 0.2) is 0 Å². The van der Waals surface area contributed by atoms with Gasteiger partial charge in [0.25, 0.3) is 5.91 Å². The summed E-state index contributed by atoms with van der Waals surface area (Å²) in [6.07, 6.45) is -14.5. The van der Waals surface area contributed by atoms with Crippen LogP contribution in [0.2, 0.25) is 0 Å². The number of carbonyl (C=O) groups excluding carboxylic acids is 2. The van der Waals surface area contributed by atoms with E-state index in [1.165, 1.54) is 0 Å². The van der Waals surface area contributed by atoms with Crippen LogP contribution in [0.3, 0.4) is 0 Å². The molecule has 8 nitrogen and oxygen atoms in total. The van der Waals surface area contributed by atoms with Gasteiger partial charge >= 0.3 is 12.1 Å². The molecule has 0 bridgehead atoms. The fourth-order valence-corrected chi connectivity index (χ4v) is 0.934. The molecule has 0 aromatic carbocycles. The van der Waals surface area contributed by atoms with Crippen LogP contribution in [0.25, 0.3) is 0 Å². The van der Waals surface area contributed by atoms with Crippen molar-refractivity contribution in [2.45, 2.75) is 30.6 Å². The summed E-state index contributed by atoms with van der Waals surface area (Å²) in [5.74, 6) is -4.58. The van der Waals surface area contributed by atoms with Gasteiger partial charge in [-0.1, -0.05) is 0 Å². The lowest BCUT2D eigenvalue weighted by molar-refractivity contribution is -0.177. The van der Waals surface area contributed by atoms with Gasteiger partial charge in [-0.05, 0) is 0 Å². The predicted molar refractivity (Wildman–Crippen MR) is 50.3 cm³/mol. The Morgan fingerprint density at radius 1 is 1.05 bits per heavy atom. The van der Waals surface area contributed by atoms with Crippen LogP contribution in [-0.4, -0.2) is 74.5 Å². The molecular formula is C8H12F3NO7. The molecule has 0 fully saturated rings. The average molecular weight is 291 g/mol. The Bertz CT molecular complexity index is 335. The highest BCUT2D eigenvalue weighted by molar-refractivity contribution is 5.99. The first-order valence-electron chi connectivity index (χ1n) is 4.77. The number of nitrogens with one attached hydrogen (secondary N) is 1. The molecule has 6 N–H and O–H groups in total. The summed E-state index contributed by atoms with van der Waals surface area (Å²) < 4.78 is 35.4. The first-order valence-corrected chi connectivity index (χ1v) is 4.77. The lowest BCUT2D eigenvalue weighted by atomic mass is 10.0. The van der Waals surface area contributed by atoms with Gasteiger partial charge in [-0.3, -0.25) is 14.9 Å². The summed E-state index contributed by atoms with van der Waals surface area (Å²) in [6.45, 7) is -1.03. The number of carbonyl (C=O) groups is 2. The molecule has 0 aliphatic rings. The average Bonchev–Trinajstić information content (AvgIpc) is 2.33. The Morgan fingerprint density at radius 3 is 1.89 bits per heavy atom. The zero-order valence-electron chi connectivity index (χ0n) is 9.20. The minimum Gasteiger partial charge on any atom is -0.394 e. The zero-order chi connectivity index (χ0) is 15.4. The van der Waals surface area contributed by atoms with Crippen LogP contribution in [0, 0.1) is 0 Å². The largest absolute Gasteiger partial charge is 0.471 e. The van der Waals surface area contributed by atoms with Gasteiger partial charge in [-0.15, -0.1) is 0 Å². The lowest BCUT2D eigenvalue weighted by Crippen LogP contribution is -2.54. The van der Waals surface area contributed by atoms with Crippen molar-refractivity contribution in [3.8, 4) is 0 Å². The molecule has 19 heavy (non-hydrogen) atoms. The Hall–Kier alpha value is -1.27. The van der Waals surface area contributed by atoms with E-state index in [0.29, 0.717) is 0 Å². The number of aliphatic hydroxyl groups excluding tert-OH is 5. The first kappa shape index (κ1) is 17.7. The second-order valence-corrected chi connectivity index (χ2v) is 3.49. The van der Waals surface area contributed by atoms with Gasteiger partial charge in [0.15, 0.2) is 6.10 Å². The van der Waals surface area contributed by atoms with Crippen molar-refractivity contribution in [3.05, 3.63) is 0 Å². The number of alkyl halides is 3. The van der Waals surface area contributed by atoms with Crippen LogP contribution in [0.5, 0.6) is 0 Å². The SMILES string of the molecule is O=C(NC(=O)C(F)(F)F)C(O)C(O)C(O)C(O)CO. The number of aliphatic hydroxyl groups is 5. The van der Waals surface area contributed by atoms with Gasteiger partial charge < -0.3 is 25.5 Å². The second-order valence-electron chi connectivity index (χ2n) is 3.49. The van der Waals surface area contributed by atoms with Gasteiger partial charge in [0.1, 0.15) is 18.3 Å². The highest BCUT2D eigenvalue weighted by Gasteiger charge is 2.42. The molecule has 0 saturated heterocycles. The van der Waals surface area contributed by atoms with Crippen LogP contribution < -0.4 is 5.32 Å². The maximum Gasteiger partial charge on any atom is 0.471 e. The predicted octanol–water partition coefficient (Wildman–Crippen LogP) is -3.37. The Balaban J connectivity index is 4.61. The van der Waals surface area contributed by atoms with E-state index in [2.05, 4.69) is 0 Å². The van der Waals surface area contributed by atoms with Crippen molar-refractivity contribution < 1.29 is 48.3 Å². The van der Waals surface area contributed by atoms with Crippen LogP contribution >= 0.6 is 0 Å². The molecule has 0 aliphatic heterocycles. The molecule has 0 heterocycles. The summed E-state index contributed by atoms with van der Waals surface area (Å²) in [6, 6.07) is 0. The molecule has 4 unspecified atom stereocenters. The van der Waals surface area contributed by atoms with E-state index in [1.54, 1.807) is 0 Å². The molecule has 0 rings (SSSR count). The van der Waals surface area contributed by atoms with E-state index < -0.39 is 49.0 Å². The molecule has 0 spiro atoms. The van der Waals surface area contributed by atoms with E-state index in [4.69, 9.17) is 25.5 Å². The number of rotatable bonds is 5. The Kier molecular flexibility index (Phi) is 6.32. The fourth-order valence-electron chi connectivity index (χ4n) is 0.934. The topological polar surface area (TPSA) is 147 Å². The Labute approximate surface area is 104 Å².